The number of methoxy groups -OCH3 is 1. The summed E-state index contributed by atoms with van der Waals surface area (Å²) < 4.78 is 5.55. The highest BCUT2D eigenvalue weighted by atomic mass is 16.5. The maximum absolute atomic E-state index is 12.3. The lowest BCUT2D eigenvalue weighted by molar-refractivity contribution is -0.126. The van der Waals surface area contributed by atoms with Crippen LogP contribution in [0.2, 0.25) is 0 Å². The number of amides is 1. The Kier molecular flexibility index (Phi) is 8.06. The Morgan fingerprint density at radius 2 is 1.81 bits per heavy atom. The van der Waals surface area contributed by atoms with Crippen LogP contribution in [0.3, 0.4) is 0 Å². The molecule has 1 rings (SSSR count). The third-order valence-electron chi connectivity index (χ3n) is 3.93. The largest absolute Gasteiger partial charge is 0.375 e. The number of nitrogens with one attached hydrogen (secondary N) is 1. The predicted molar refractivity (Wildman–Crippen MR) is 87.2 cm³/mol. The average molecular weight is 291 g/mol. The molecule has 0 bridgehead atoms. The second-order valence-corrected chi connectivity index (χ2v) is 5.60. The van der Waals surface area contributed by atoms with Gasteiger partial charge in [-0.15, -0.1) is 0 Å². The van der Waals surface area contributed by atoms with E-state index in [2.05, 4.69) is 38.2 Å². The molecule has 0 fully saturated rings. The summed E-state index contributed by atoms with van der Waals surface area (Å²) in [5.74, 6) is 0.295. The summed E-state index contributed by atoms with van der Waals surface area (Å²) in [6, 6.07) is 8.15. The fourth-order valence-corrected chi connectivity index (χ4v) is 2.71. The zero-order chi connectivity index (χ0) is 15.7. The minimum Gasteiger partial charge on any atom is -0.375 e. The summed E-state index contributed by atoms with van der Waals surface area (Å²) in [6.07, 6.45) is 3.93. The van der Waals surface area contributed by atoms with Crippen molar-refractivity contribution in [2.45, 2.75) is 52.6 Å². The number of carbonyl (C=O) groups excluding carboxylic acids is 1. The monoisotopic (exact) mass is 291 g/mol. The van der Waals surface area contributed by atoms with Gasteiger partial charge in [-0.2, -0.15) is 0 Å². The second-order valence-electron chi connectivity index (χ2n) is 5.60. The van der Waals surface area contributed by atoms with Gasteiger partial charge in [0, 0.05) is 19.6 Å². The number of ether oxygens (including phenoxy) is 1. The molecular weight excluding hydrogens is 262 g/mol. The molecule has 21 heavy (non-hydrogen) atoms. The predicted octanol–water partition coefficient (Wildman–Crippen LogP) is 4.02. The van der Waals surface area contributed by atoms with E-state index in [1.54, 1.807) is 7.11 Å². The lowest BCUT2D eigenvalue weighted by Gasteiger charge is -2.21. The first-order valence-corrected chi connectivity index (χ1v) is 8.00. The van der Waals surface area contributed by atoms with Crippen LogP contribution in [-0.4, -0.2) is 19.6 Å². The zero-order valence-corrected chi connectivity index (χ0v) is 13.8. The van der Waals surface area contributed by atoms with Gasteiger partial charge in [0.15, 0.2) is 0 Å². The smallest absolute Gasteiger partial charge is 0.223 e. The van der Waals surface area contributed by atoms with E-state index in [1.165, 1.54) is 5.56 Å². The molecule has 3 nitrogen and oxygen atoms in total. The standard InChI is InChI=1S/C18H29NO2/c1-5-9-15(10-6-2)18(20)19-13-17(21-4)16-12-8-7-11-14(16)3/h7-8,11-12,15,17H,5-6,9-10,13H2,1-4H3,(H,19,20). The van der Waals surface area contributed by atoms with E-state index in [1.807, 2.05) is 12.1 Å². The maximum Gasteiger partial charge on any atom is 0.223 e. The molecule has 0 aliphatic carbocycles. The highest BCUT2D eigenvalue weighted by Crippen LogP contribution is 2.20. The summed E-state index contributed by atoms with van der Waals surface area (Å²) in [4.78, 5) is 12.3. The molecule has 0 spiro atoms. The van der Waals surface area contributed by atoms with Crippen molar-refractivity contribution in [3.8, 4) is 0 Å². The fourth-order valence-electron chi connectivity index (χ4n) is 2.71. The van der Waals surface area contributed by atoms with Crippen LogP contribution < -0.4 is 5.32 Å². The van der Waals surface area contributed by atoms with Crippen LogP contribution in [0.5, 0.6) is 0 Å². The molecule has 3 heteroatoms. The molecule has 0 saturated heterocycles. The molecule has 1 atom stereocenters. The second kappa shape index (κ2) is 9.56. The van der Waals surface area contributed by atoms with Gasteiger partial charge in [-0.3, -0.25) is 4.79 Å². The zero-order valence-electron chi connectivity index (χ0n) is 13.8. The van der Waals surface area contributed by atoms with Crippen molar-refractivity contribution >= 4 is 5.91 Å². The van der Waals surface area contributed by atoms with Crippen molar-refractivity contribution in [2.24, 2.45) is 5.92 Å². The van der Waals surface area contributed by atoms with Crippen molar-refractivity contribution in [2.75, 3.05) is 13.7 Å². The molecule has 0 radical (unpaired) electrons. The number of carbonyl (C=O) groups is 1. The van der Waals surface area contributed by atoms with Crippen molar-refractivity contribution in [3.05, 3.63) is 35.4 Å². The molecule has 0 saturated carbocycles. The lowest BCUT2D eigenvalue weighted by Crippen LogP contribution is -2.34. The van der Waals surface area contributed by atoms with Crippen molar-refractivity contribution in [3.63, 3.8) is 0 Å². The Morgan fingerprint density at radius 1 is 1.19 bits per heavy atom. The highest BCUT2D eigenvalue weighted by molar-refractivity contribution is 5.78. The van der Waals surface area contributed by atoms with Crippen molar-refractivity contribution < 1.29 is 9.53 Å². The molecule has 1 N–H and O–H groups in total. The van der Waals surface area contributed by atoms with Gasteiger partial charge in [-0.25, -0.2) is 0 Å². The number of hydrogen-bond acceptors (Lipinski definition) is 2. The average Bonchev–Trinajstić information content (AvgIpc) is 2.49. The van der Waals surface area contributed by atoms with Gasteiger partial charge in [0.1, 0.15) is 0 Å². The highest BCUT2D eigenvalue weighted by Gasteiger charge is 2.19. The Morgan fingerprint density at radius 3 is 2.33 bits per heavy atom. The topological polar surface area (TPSA) is 38.3 Å². The van der Waals surface area contributed by atoms with E-state index in [-0.39, 0.29) is 17.9 Å². The Bertz CT molecular complexity index is 425. The van der Waals surface area contributed by atoms with Crippen LogP contribution in [0.25, 0.3) is 0 Å². The molecule has 0 aliphatic rings. The van der Waals surface area contributed by atoms with E-state index in [4.69, 9.17) is 4.74 Å². The van der Waals surface area contributed by atoms with E-state index in [9.17, 15) is 4.79 Å². The van der Waals surface area contributed by atoms with E-state index in [0.717, 1.165) is 31.2 Å². The van der Waals surface area contributed by atoms with Crippen molar-refractivity contribution in [1.82, 2.24) is 5.32 Å². The first-order valence-electron chi connectivity index (χ1n) is 8.00. The summed E-state index contributed by atoms with van der Waals surface area (Å²) in [5.41, 5.74) is 2.33. The van der Waals surface area contributed by atoms with Crippen LogP contribution in [0.1, 0.15) is 56.8 Å². The van der Waals surface area contributed by atoms with E-state index in [0.29, 0.717) is 6.54 Å². The first-order chi connectivity index (χ1) is 10.1. The van der Waals surface area contributed by atoms with Crippen LogP contribution in [0, 0.1) is 12.8 Å². The third-order valence-corrected chi connectivity index (χ3v) is 3.93. The maximum atomic E-state index is 12.3. The molecular formula is C18H29NO2. The van der Waals surface area contributed by atoms with Crippen LogP contribution in [-0.2, 0) is 9.53 Å². The number of hydrogen-bond donors (Lipinski definition) is 1. The molecule has 1 unspecified atom stereocenters. The Hall–Kier alpha value is -1.35. The van der Waals surface area contributed by atoms with Crippen LogP contribution in [0.15, 0.2) is 24.3 Å². The van der Waals surface area contributed by atoms with Gasteiger partial charge in [0.05, 0.1) is 6.10 Å². The van der Waals surface area contributed by atoms with Gasteiger partial charge in [0.25, 0.3) is 0 Å². The lowest BCUT2D eigenvalue weighted by atomic mass is 9.97. The normalized spacial score (nSPS) is 12.4. The van der Waals surface area contributed by atoms with Gasteiger partial charge in [-0.05, 0) is 30.9 Å². The molecule has 0 aromatic heterocycles. The van der Waals surface area contributed by atoms with Crippen molar-refractivity contribution in [1.29, 1.82) is 0 Å². The molecule has 0 aliphatic heterocycles. The number of aryl methyl sites for hydroxylation is 1. The summed E-state index contributed by atoms with van der Waals surface area (Å²) in [5, 5.41) is 3.07. The van der Waals surface area contributed by atoms with Gasteiger partial charge < -0.3 is 10.1 Å². The van der Waals surface area contributed by atoms with Crippen LogP contribution in [0.4, 0.5) is 0 Å². The van der Waals surface area contributed by atoms with Crippen LogP contribution >= 0.6 is 0 Å². The third kappa shape index (κ3) is 5.50. The van der Waals surface area contributed by atoms with Gasteiger partial charge >= 0.3 is 0 Å². The SMILES string of the molecule is CCCC(CCC)C(=O)NCC(OC)c1ccccc1C. The van der Waals surface area contributed by atoms with E-state index < -0.39 is 0 Å². The van der Waals surface area contributed by atoms with Gasteiger partial charge in [-0.1, -0.05) is 51.0 Å². The first kappa shape index (κ1) is 17.7. The fraction of sp³-hybridized carbons (Fsp3) is 0.611. The minimum atomic E-state index is -0.0842. The summed E-state index contributed by atoms with van der Waals surface area (Å²) in [7, 11) is 1.69. The molecule has 1 aromatic rings. The molecule has 118 valence electrons. The number of rotatable bonds is 9. The Balaban J connectivity index is 2.62. The number of benzene rings is 1. The van der Waals surface area contributed by atoms with E-state index >= 15 is 0 Å². The summed E-state index contributed by atoms with van der Waals surface area (Å²) >= 11 is 0. The minimum absolute atomic E-state index is 0.0842. The Labute approximate surface area is 129 Å². The quantitative estimate of drug-likeness (QED) is 0.746. The summed E-state index contributed by atoms with van der Waals surface area (Å²) in [6.45, 7) is 6.85. The molecule has 1 aromatic carbocycles. The molecule has 1 amide bonds. The van der Waals surface area contributed by atoms with Gasteiger partial charge in [0.2, 0.25) is 5.91 Å². The molecule has 0 heterocycles.